The molecule has 0 radical (unpaired) electrons. The Labute approximate surface area is 100 Å². The van der Waals surface area contributed by atoms with E-state index in [1.807, 2.05) is 18.2 Å². The van der Waals surface area contributed by atoms with Gasteiger partial charge in [0.2, 0.25) is 5.91 Å². The minimum atomic E-state index is -0.0149. The van der Waals surface area contributed by atoms with Crippen LogP contribution in [0.2, 0.25) is 5.02 Å². The molecule has 0 aliphatic heterocycles. The molecule has 3 nitrogen and oxygen atoms in total. The van der Waals surface area contributed by atoms with Gasteiger partial charge in [0.15, 0.2) is 0 Å². The lowest BCUT2D eigenvalue weighted by Crippen LogP contribution is -2.20. The van der Waals surface area contributed by atoms with Gasteiger partial charge in [0.05, 0.1) is 0 Å². The summed E-state index contributed by atoms with van der Waals surface area (Å²) >= 11 is 5.99. The van der Waals surface area contributed by atoms with Crippen molar-refractivity contribution in [3.63, 3.8) is 0 Å². The normalized spacial score (nSPS) is 10.6. The van der Waals surface area contributed by atoms with Crippen LogP contribution in [0.4, 0.5) is 5.69 Å². The van der Waals surface area contributed by atoms with Gasteiger partial charge in [-0.05, 0) is 24.1 Å². The van der Waals surface area contributed by atoms with E-state index in [4.69, 9.17) is 17.3 Å². The molecule has 0 aromatic heterocycles. The van der Waals surface area contributed by atoms with Crippen molar-refractivity contribution in [1.82, 2.24) is 5.32 Å². The molecular formula is C12H15ClN2O. The standard InChI is InChI=1S/C12H15ClN2O/c1-9(16)15-7-3-2-4-10-5-6-11(14)8-12(10)13/h2,4-6,8H,3,7,14H2,1H3,(H,15,16). The molecular weight excluding hydrogens is 224 g/mol. The highest BCUT2D eigenvalue weighted by molar-refractivity contribution is 6.32. The van der Waals surface area contributed by atoms with E-state index in [2.05, 4.69) is 5.32 Å². The summed E-state index contributed by atoms with van der Waals surface area (Å²) in [5, 5.41) is 3.35. The number of hydrogen-bond acceptors (Lipinski definition) is 2. The van der Waals surface area contributed by atoms with Gasteiger partial charge in [-0.25, -0.2) is 0 Å². The fourth-order valence-electron chi connectivity index (χ4n) is 1.22. The third-order valence-electron chi connectivity index (χ3n) is 2.01. The minimum Gasteiger partial charge on any atom is -0.399 e. The molecule has 0 heterocycles. The van der Waals surface area contributed by atoms with Gasteiger partial charge in [-0.2, -0.15) is 0 Å². The summed E-state index contributed by atoms with van der Waals surface area (Å²) < 4.78 is 0. The number of anilines is 1. The van der Waals surface area contributed by atoms with E-state index >= 15 is 0 Å². The Balaban J connectivity index is 2.47. The predicted molar refractivity (Wildman–Crippen MR) is 68.2 cm³/mol. The molecule has 0 aliphatic carbocycles. The summed E-state index contributed by atoms with van der Waals surface area (Å²) in [6.45, 7) is 2.14. The maximum atomic E-state index is 10.6. The fourth-order valence-corrected chi connectivity index (χ4v) is 1.47. The molecule has 0 unspecified atom stereocenters. The van der Waals surface area contributed by atoms with Crippen molar-refractivity contribution in [3.8, 4) is 0 Å². The van der Waals surface area contributed by atoms with Crippen LogP contribution in [0.25, 0.3) is 6.08 Å². The molecule has 16 heavy (non-hydrogen) atoms. The number of halogens is 1. The van der Waals surface area contributed by atoms with Crippen LogP contribution in [0.1, 0.15) is 18.9 Å². The Kier molecular flexibility index (Phi) is 4.86. The van der Waals surface area contributed by atoms with Crippen LogP contribution in [-0.2, 0) is 4.79 Å². The van der Waals surface area contributed by atoms with Crippen molar-refractivity contribution in [1.29, 1.82) is 0 Å². The molecule has 1 rings (SSSR count). The highest BCUT2D eigenvalue weighted by Crippen LogP contribution is 2.20. The lowest BCUT2D eigenvalue weighted by molar-refractivity contribution is -0.118. The van der Waals surface area contributed by atoms with Gasteiger partial charge >= 0.3 is 0 Å². The van der Waals surface area contributed by atoms with Crippen molar-refractivity contribution in [3.05, 3.63) is 34.9 Å². The molecule has 86 valence electrons. The van der Waals surface area contributed by atoms with Gasteiger partial charge in [0.25, 0.3) is 0 Å². The van der Waals surface area contributed by atoms with Crippen molar-refractivity contribution in [2.75, 3.05) is 12.3 Å². The van der Waals surface area contributed by atoms with Crippen LogP contribution in [0, 0.1) is 0 Å². The number of hydrogen-bond donors (Lipinski definition) is 2. The second-order valence-corrected chi connectivity index (χ2v) is 3.86. The summed E-state index contributed by atoms with van der Waals surface area (Å²) in [6, 6.07) is 5.39. The van der Waals surface area contributed by atoms with Gasteiger partial charge < -0.3 is 11.1 Å². The molecule has 0 fully saturated rings. The van der Waals surface area contributed by atoms with E-state index < -0.39 is 0 Å². The van der Waals surface area contributed by atoms with Crippen molar-refractivity contribution < 1.29 is 4.79 Å². The van der Waals surface area contributed by atoms with Crippen LogP contribution in [0.3, 0.4) is 0 Å². The lowest BCUT2D eigenvalue weighted by Gasteiger charge is -2.00. The van der Waals surface area contributed by atoms with Crippen molar-refractivity contribution in [2.45, 2.75) is 13.3 Å². The molecule has 0 bridgehead atoms. The molecule has 0 aliphatic rings. The zero-order valence-corrected chi connectivity index (χ0v) is 9.92. The molecule has 0 saturated heterocycles. The average molecular weight is 239 g/mol. The molecule has 0 atom stereocenters. The van der Waals surface area contributed by atoms with Crippen LogP contribution in [0.5, 0.6) is 0 Å². The van der Waals surface area contributed by atoms with Crippen LogP contribution < -0.4 is 11.1 Å². The maximum absolute atomic E-state index is 10.6. The molecule has 0 spiro atoms. The number of carbonyl (C=O) groups is 1. The molecule has 4 heteroatoms. The summed E-state index contributed by atoms with van der Waals surface area (Å²) in [4.78, 5) is 10.6. The topological polar surface area (TPSA) is 55.1 Å². The fraction of sp³-hybridized carbons (Fsp3) is 0.250. The Morgan fingerprint density at radius 2 is 2.31 bits per heavy atom. The number of nitrogens with two attached hydrogens (primary N) is 1. The predicted octanol–water partition coefficient (Wildman–Crippen LogP) is 2.46. The van der Waals surface area contributed by atoms with Gasteiger partial charge in [-0.15, -0.1) is 0 Å². The first-order valence-corrected chi connectivity index (χ1v) is 5.43. The first-order valence-electron chi connectivity index (χ1n) is 5.05. The van der Waals surface area contributed by atoms with E-state index in [1.165, 1.54) is 6.92 Å². The van der Waals surface area contributed by atoms with Crippen LogP contribution in [0.15, 0.2) is 24.3 Å². The Bertz CT molecular complexity index is 402. The summed E-state index contributed by atoms with van der Waals surface area (Å²) in [6.07, 6.45) is 4.66. The molecule has 3 N–H and O–H groups in total. The third-order valence-corrected chi connectivity index (χ3v) is 2.33. The van der Waals surface area contributed by atoms with Gasteiger partial charge in [-0.3, -0.25) is 4.79 Å². The largest absolute Gasteiger partial charge is 0.399 e. The van der Waals surface area contributed by atoms with Gasteiger partial charge in [0.1, 0.15) is 0 Å². The van der Waals surface area contributed by atoms with E-state index in [-0.39, 0.29) is 5.91 Å². The summed E-state index contributed by atoms with van der Waals surface area (Å²) in [5.41, 5.74) is 7.16. The third kappa shape index (κ3) is 4.36. The first-order chi connectivity index (χ1) is 7.59. The number of nitrogens with one attached hydrogen (secondary N) is 1. The second kappa shape index (κ2) is 6.18. The molecule has 1 aromatic rings. The van der Waals surface area contributed by atoms with E-state index in [0.29, 0.717) is 17.3 Å². The molecule has 0 saturated carbocycles. The smallest absolute Gasteiger partial charge is 0.216 e. The SMILES string of the molecule is CC(=O)NCCC=Cc1ccc(N)cc1Cl. The van der Waals surface area contributed by atoms with Crippen molar-refractivity contribution >= 4 is 29.3 Å². The minimum absolute atomic E-state index is 0.0149. The quantitative estimate of drug-likeness (QED) is 0.625. The van der Waals surface area contributed by atoms with Crippen molar-refractivity contribution in [2.24, 2.45) is 0 Å². The maximum Gasteiger partial charge on any atom is 0.216 e. The highest BCUT2D eigenvalue weighted by atomic mass is 35.5. The number of carbonyl (C=O) groups excluding carboxylic acids is 1. The highest BCUT2D eigenvalue weighted by Gasteiger charge is 1.96. The molecule has 1 aromatic carbocycles. The first kappa shape index (κ1) is 12.6. The number of benzene rings is 1. The Morgan fingerprint density at radius 3 is 2.94 bits per heavy atom. The lowest BCUT2D eigenvalue weighted by atomic mass is 10.2. The Hall–Kier alpha value is -1.48. The Morgan fingerprint density at radius 1 is 1.56 bits per heavy atom. The number of nitrogen functional groups attached to an aromatic ring is 1. The van der Waals surface area contributed by atoms with Crippen LogP contribution in [-0.4, -0.2) is 12.5 Å². The zero-order chi connectivity index (χ0) is 12.0. The number of rotatable bonds is 4. The van der Waals surface area contributed by atoms with Crippen LogP contribution >= 0.6 is 11.6 Å². The van der Waals surface area contributed by atoms with E-state index in [0.717, 1.165) is 12.0 Å². The summed E-state index contributed by atoms with van der Waals surface area (Å²) in [7, 11) is 0. The van der Waals surface area contributed by atoms with Gasteiger partial charge in [0, 0.05) is 24.2 Å². The number of amides is 1. The summed E-state index contributed by atoms with van der Waals surface area (Å²) in [5.74, 6) is -0.0149. The second-order valence-electron chi connectivity index (χ2n) is 3.45. The zero-order valence-electron chi connectivity index (χ0n) is 9.16. The monoisotopic (exact) mass is 238 g/mol. The molecule has 1 amide bonds. The van der Waals surface area contributed by atoms with Gasteiger partial charge in [-0.1, -0.05) is 29.8 Å². The average Bonchev–Trinajstić information content (AvgIpc) is 2.20. The van der Waals surface area contributed by atoms with E-state index in [1.54, 1.807) is 12.1 Å². The van der Waals surface area contributed by atoms with E-state index in [9.17, 15) is 4.79 Å².